The number of benzene rings is 1. The van der Waals surface area contributed by atoms with Crippen molar-refractivity contribution in [2.75, 3.05) is 38.6 Å². The van der Waals surface area contributed by atoms with E-state index in [1.807, 2.05) is 0 Å². The summed E-state index contributed by atoms with van der Waals surface area (Å²) in [6, 6.07) is 4.73. The SMILES string of the molecule is CN1C(=O)C(C)(C)c2cc(S(=O)(=O)N(C)CC(=O)N3CCCCC3)ccc21. The van der Waals surface area contributed by atoms with Crippen LogP contribution in [0.25, 0.3) is 0 Å². The van der Waals surface area contributed by atoms with E-state index in [4.69, 9.17) is 0 Å². The smallest absolute Gasteiger partial charge is 0.243 e. The number of sulfonamides is 1. The summed E-state index contributed by atoms with van der Waals surface area (Å²) in [5.41, 5.74) is 0.625. The van der Waals surface area contributed by atoms with Gasteiger partial charge in [0, 0.05) is 32.9 Å². The Balaban J connectivity index is 1.84. The molecule has 7 nitrogen and oxygen atoms in total. The Hall–Kier alpha value is -1.93. The van der Waals surface area contributed by atoms with Gasteiger partial charge in [-0.05, 0) is 56.9 Å². The maximum absolute atomic E-state index is 13.0. The second-order valence-electron chi connectivity index (χ2n) is 7.87. The Labute approximate surface area is 161 Å². The fourth-order valence-electron chi connectivity index (χ4n) is 3.81. The molecule has 0 atom stereocenters. The predicted octanol–water partition coefficient (Wildman–Crippen LogP) is 1.57. The molecular weight excluding hydrogens is 366 g/mol. The van der Waals surface area contributed by atoms with E-state index in [9.17, 15) is 18.0 Å². The lowest BCUT2D eigenvalue weighted by molar-refractivity contribution is -0.132. The Bertz CT molecular complexity index is 873. The summed E-state index contributed by atoms with van der Waals surface area (Å²) < 4.78 is 27.1. The van der Waals surface area contributed by atoms with Crippen LogP contribution in [0.5, 0.6) is 0 Å². The summed E-state index contributed by atoms with van der Waals surface area (Å²) in [5.74, 6) is -0.238. The van der Waals surface area contributed by atoms with Crippen LogP contribution < -0.4 is 4.90 Å². The van der Waals surface area contributed by atoms with Crippen molar-refractivity contribution in [3.05, 3.63) is 23.8 Å². The lowest BCUT2D eigenvalue weighted by Crippen LogP contribution is -2.43. The quantitative estimate of drug-likeness (QED) is 0.778. The fourth-order valence-corrected chi connectivity index (χ4v) is 4.96. The minimum atomic E-state index is -3.82. The number of piperidine rings is 1. The Kier molecular flexibility index (Phi) is 5.07. The van der Waals surface area contributed by atoms with E-state index in [1.54, 1.807) is 42.8 Å². The monoisotopic (exact) mass is 393 g/mol. The van der Waals surface area contributed by atoms with E-state index >= 15 is 0 Å². The molecule has 0 bridgehead atoms. The van der Waals surface area contributed by atoms with E-state index in [2.05, 4.69) is 0 Å². The molecule has 1 saturated heterocycles. The van der Waals surface area contributed by atoms with Gasteiger partial charge in [0.25, 0.3) is 0 Å². The molecule has 0 aliphatic carbocycles. The third-order valence-corrected chi connectivity index (χ3v) is 7.42. The molecule has 0 radical (unpaired) electrons. The van der Waals surface area contributed by atoms with Crippen LogP contribution in [0.2, 0.25) is 0 Å². The molecule has 1 aromatic rings. The number of rotatable bonds is 4. The normalized spacial score (nSPS) is 19.5. The van der Waals surface area contributed by atoms with Crippen LogP contribution in [0.4, 0.5) is 5.69 Å². The van der Waals surface area contributed by atoms with Gasteiger partial charge in [-0.1, -0.05) is 0 Å². The number of carbonyl (C=O) groups excluding carboxylic acids is 2. The molecule has 0 aromatic heterocycles. The number of nitrogens with zero attached hydrogens (tertiary/aromatic N) is 3. The zero-order valence-electron chi connectivity index (χ0n) is 16.4. The Morgan fingerprint density at radius 2 is 1.81 bits per heavy atom. The first-order valence-electron chi connectivity index (χ1n) is 9.23. The number of anilines is 1. The van der Waals surface area contributed by atoms with Crippen LogP contribution in [0.1, 0.15) is 38.7 Å². The molecule has 0 spiro atoms. The van der Waals surface area contributed by atoms with Gasteiger partial charge in [-0.2, -0.15) is 4.31 Å². The van der Waals surface area contributed by atoms with Crippen molar-refractivity contribution in [1.82, 2.24) is 9.21 Å². The molecule has 2 aliphatic heterocycles. The standard InChI is InChI=1S/C19H27N3O4S/c1-19(2)15-12-14(8-9-16(15)21(4)18(19)24)27(25,26)20(3)13-17(23)22-10-6-5-7-11-22/h8-9,12H,5-7,10-11,13H2,1-4H3. The summed E-state index contributed by atoms with van der Waals surface area (Å²) in [5, 5.41) is 0. The lowest BCUT2D eigenvalue weighted by atomic mass is 9.86. The van der Waals surface area contributed by atoms with Gasteiger partial charge in [0.05, 0.1) is 16.9 Å². The predicted molar refractivity (Wildman–Crippen MR) is 103 cm³/mol. The van der Waals surface area contributed by atoms with Gasteiger partial charge in [0.15, 0.2) is 0 Å². The summed E-state index contributed by atoms with van der Waals surface area (Å²) in [6.07, 6.45) is 3.03. The second-order valence-corrected chi connectivity index (χ2v) is 9.92. The van der Waals surface area contributed by atoms with Crippen LogP contribution in [0, 0.1) is 0 Å². The molecule has 2 aliphatic rings. The molecule has 8 heteroatoms. The van der Waals surface area contributed by atoms with Crippen molar-refractivity contribution in [1.29, 1.82) is 0 Å². The van der Waals surface area contributed by atoms with Gasteiger partial charge < -0.3 is 9.80 Å². The average Bonchev–Trinajstić information content (AvgIpc) is 2.82. The molecule has 148 valence electrons. The highest BCUT2D eigenvalue weighted by Crippen LogP contribution is 2.41. The van der Waals surface area contributed by atoms with E-state index in [0.717, 1.165) is 29.3 Å². The molecule has 27 heavy (non-hydrogen) atoms. The molecule has 0 N–H and O–H groups in total. The molecule has 2 heterocycles. The number of hydrogen-bond acceptors (Lipinski definition) is 4. The maximum Gasteiger partial charge on any atom is 0.243 e. The maximum atomic E-state index is 13.0. The number of amides is 2. The van der Waals surface area contributed by atoms with Crippen molar-refractivity contribution < 1.29 is 18.0 Å². The first kappa shape index (κ1) is 19.8. The van der Waals surface area contributed by atoms with Crippen LogP contribution in [0.3, 0.4) is 0 Å². The molecular formula is C19H27N3O4S. The van der Waals surface area contributed by atoms with Gasteiger partial charge in [-0.3, -0.25) is 9.59 Å². The first-order chi connectivity index (χ1) is 12.6. The fraction of sp³-hybridized carbons (Fsp3) is 0.579. The van der Waals surface area contributed by atoms with Gasteiger partial charge in [0.2, 0.25) is 21.8 Å². The first-order valence-corrected chi connectivity index (χ1v) is 10.7. The zero-order chi connectivity index (χ0) is 20.0. The van der Waals surface area contributed by atoms with Gasteiger partial charge >= 0.3 is 0 Å². The lowest BCUT2D eigenvalue weighted by Gasteiger charge is -2.28. The van der Waals surface area contributed by atoms with Crippen molar-refractivity contribution in [2.24, 2.45) is 0 Å². The second kappa shape index (κ2) is 6.91. The van der Waals surface area contributed by atoms with E-state index in [0.29, 0.717) is 18.7 Å². The summed E-state index contributed by atoms with van der Waals surface area (Å²) in [4.78, 5) is 28.2. The van der Waals surface area contributed by atoms with Gasteiger partial charge in [-0.15, -0.1) is 0 Å². The Morgan fingerprint density at radius 1 is 1.19 bits per heavy atom. The molecule has 3 rings (SSSR count). The number of carbonyl (C=O) groups is 2. The Morgan fingerprint density at radius 3 is 2.44 bits per heavy atom. The number of likely N-dealkylation sites (N-methyl/N-ethyl adjacent to an activating group) is 2. The van der Waals surface area contributed by atoms with E-state index in [1.165, 1.54) is 13.1 Å². The van der Waals surface area contributed by atoms with Crippen LogP contribution in [0.15, 0.2) is 23.1 Å². The number of hydrogen-bond donors (Lipinski definition) is 0. The third-order valence-electron chi connectivity index (χ3n) is 5.62. The highest BCUT2D eigenvalue weighted by molar-refractivity contribution is 7.89. The summed E-state index contributed by atoms with van der Waals surface area (Å²) in [7, 11) is -0.712. The number of fused-ring (bicyclic) bond motifs is 1. The average molecular weight is 394 g/mol. The minimum Gasteiger partial charge on any atom is -0.342 e. The molecule has 2 amide bonds. The van der Waals surface area contributed by atoms with Crippen LogP contribution in [-0.4, -0.2) is 63.2 Å². The van der Waals surface area contributed by atoms with Crippen molar-refractivity contribution >= 4 is 27.5 Å². The third kappa shape index (κ3) is 3.36. The molecule has 1 aromatic carbocycles. The topological polar surface area (TPSA) is 78.0 Å². The van der Waals surface area contributed by atoms with E-state index < -0.39 is 15.4 Å². The molecule has 0 unspecified atom stereocenters. The highest BCUT2D eigenvalue weighted by atomic mass is 32.2. The zero-order valence-corrected chi connectivity index (χ0v) is 17.2. The van der Waals surface area contributed by atoms with Gasteiger partial charge in [0.1, 0.15) is 0 Å². The van der Waals surface area contributed by atoms with Gasteiger partial charge in [-0.25, -0.2) is 8.42 Å². The van der Waals surface area contributed by atoms with Crippen LogP contribution >= 0.6 is 0 Å². The van der Waals surface area contributed by atoms with Crippen molar-refractivity contribution in [2.45, 2.75) is 43.4 Å². The summed E-state index contributed by atoms with van der Waals surface area (Å²) in [6.45, 7) is 4.78. The highest BCUT2D eigenvalue weighted by Gasteiger charge is 2.43. The molecule has 0 saturated carbocycles. The minimum absolute atomic E-state index is 0.0688. The van der Waals surface area contributed by atoms with Crippen molar-refractivity contribution in [3.63, 3.8) is 0 Å². The van der Waals surface area contributed by atoms with Crippen LogP contribution in [-0.2, 0) is 25.0 Å². The van der Waals surface area contributed by atoms with Crippen molar-refractivity contribution in [3.8, 4) is 0 Å². The van der Waals surface area contributed by atoms with E-state index in [-0.39, 0.29) is 23.3 Å². The summed E-state index contributed by atoms with van der Waals surface area (Å²) >= 11 is 0. The largest absolute Gasteiger partial charge is 0.342 e. The molecule has 1 fully saturated rings. The number of likely N-dealkylation sites (tertiary alicyclic amines) is 1.